The molecule has 0 radical (unpaired) electrons. The first kappa shape index (κ1) is 7.32. The van der Waals surface area contributed by atoms with Gasteiger partial charge in [0.25, 0.3) is 0 Å². The Bertz CT molecular complexity index is 168. The maximum absolute atomic E-state index is 5.64. The first-order chi connectivity index (χ1) is 4.83. The van der Waals surface area contributed by atoms with E-state index in [1.807, 2.05) is 13.0 Å². The summed E-state index contributed by atoms with van der Waals surface area (Å²) >= 11 is 0. The van der Waals surface area contributed by atoms with Gasteiger partial charge in [-0.3, -0.25) is 4.99 Å². The standard InChI is InChI=1S/C8H14N2/c1-2-10-8-5-3-4-7(9)6-8/h6H,2-5,9H2,1H3/b10-8+. The summed E-state index contributed by atoms with van der Waals surface area (Å²) in [5.41, 5.74) is 7.79. The van der Waals surface area contributed by atoms with E-state index >= 15 is 0 Å². The van der Waals surface area contributed by atoms with Crippen molar-refractivity contribution in [2.45, 2.75) is 26.2 Å². The lowest BCUT2D eigenvalue weighted by atomic mass is 10.0. The monoisotopic (exact) mass is 138 g/mol. The van der Waals surface area contributed by atoms with Crippen LogP contribution in [0.25, 0.3) is 0 Å². The summed E-state index contributed by atoms with van der Waals surface area (Å²) in [6.45, 7) is 2.92. The smallest absolute Gasteiger partial charge is 0.0365 e. The summed E-state index contributed by atoms with van der Waals surface area (Å²) in [6, 6.07) is 0. The van der Waals surface area contributed by atoms with Gasteiger partial charge in [0.1, 0.15) is 0 Å². The topological polar surface area (TPSA) is 38.4 Å². The minimum absolute atomic E-state index is 0.874. The largest absolute Gasteiger partial charge is 0.402 e. The number of nitrogens with two attached hydrogens (primary N) is 1. The SMILES string of the molecule is CC/N=C1/C=C(N)CCC1. The highest BCUT2D eigenvalue weighted by atomic mass is 14.7. The average Bonchev–Trinajstić information content (AvgIpc) is 1.88. The lowest BCUT2D eigenvalue weighted by Gasteiger charge is -2.09. The van der Waals surface area contributed by atoms with Crippen LogP contribution in [-0.4, -0.2) is 12.3 Å². The van der Waals surface area contributed by atoms with E-state index in [1.165, 1.54) is 12.1 Å². The summed E-state index contributed by atoms with van der Waals surface area (Å²) in [5.74, 6) is 0. The van der Waals surface area contributed by atoms with Crippen LogP contribution in [0.3, 0.4) is 0 Å². The average molecular weight is 138 g/mol. The molecule has 0 aromatic rings. The summed E-state index contributed by atoms with van der Waals surface area (Å²) in [5, 5.41) is 0. The highest BCUT2D eigenvalue weighted by Gasteiger charge is 2.03. The fourth-order valence-corrected chi connectivity index (χ4v) is 1.16. The molecule has 0 fully saturated rings. The molecule has 2 N–H and O–H groups in total. The van der Waals surface area contributed by atoms with E-state index in [-0.39, 0.29) is 0 Å². The fourth-order valence-electron chi connectivity index (χ4n) is 1.16. The van der Waals surface area contributed by atoms with Crippen LogP contribution in [0.5, 0.6) is 0 Å². The molecular formula is C8H14N2. The van der Waals surface area contributed by atoms with Crippen LogP contribution in [0.15, 0.2) is 16.8 Å². The molecule has 0 heterocycles. The second-order valence-corrected chi connectivity index (χ2v) is 2.54. The van der Waals surface area contributed by atoms with Crippen LogP contribution in [0.2, 0.25) is 0 Å². The third-order valence-corrected chi connectivity index (χ3v) is 1.61. The third-order valence-electron chi connectivity index (χ3n) is 1.61. The van der Waals surface area contributed by atoms with Crippen molar-refractivity contribution in [3.63, 3.8) is 0 Å². The molecule has 1 rings (SSSR count). The van der Waals surface area contributed by atoms with Crippen LogP contribution in [0, 0.1) is 0 Å². The first-order valence-electron chi connectivity index (χ1n) is 3.82. The molecule has 0 spiro atoms. The molecule has 0 atom stereocenters. The Morgan fingerprint density at radius 2 is 2.40 bits per heavy atom. The van der Waals surface area contributed by atoms with Gasteiger partial charge in [0, 0.05) is 18.0 Å². The number of hydrogen-bond donors (Lipinski definition) is 1. The zero-order valence-corrected chi connectivity index (χ0v) is 6.43. The molecule has 1 aliphatic carbocycles. The Hall–Kier alpha value is -0.790. The van der Waals surface area contributed by atoms with Gasteiger partial charge in [0.15, 0.2) is 0 Å². The Balaban J connectivity index is 2.62. The molecule has 0 unspecified atom stereocenters. The highest BCUT2D eigenvalue weighted by Crippen LogP contribution is 2.11. The van der Waals surface area contributed by atoms with E-state index in [1.54, 1.807) is 0 Å². The molecule has 2 heteroatoms. The Labute approximate surface area is 61.8 Å². The Morgan fingerprint density at radius 3 is 3.00 bits per heavy atom. The van der Waals surface area contributed by atoms with Gasteiger partial charge in [-0.05, 0) is 32.3 Å². The number of rotatable bonds is 1. The van der Waals surface area contributed by atoms with E-state index in [2.05, 4.69) is 4.99 Å². The first-order valence-corrected chi connectivity index (χ1v) is 3.82. The summed E-state index contributed by atoms with van der Waals surface area (Å²) in [4.78, 5) is 4.29. The van der Waals surface area contributed by atoms with Crippen LogP contribution in [0.4, 0.5) is 0 Å². The van der Waals surface area contributed by atoms with Crippen molar-refractivity contribution in [1.29, 1.82) is 0 Å². The normalized spacial score (nSPS) is 22.9. The molecule has 1 aliphatic rings. The van der Waals surface area contributed by atoms with E-state index < -0.39 is 0 Å². The third kappa shape index (κ3) is 1.87. The minimum Gasteiger partial charge on any atom is -0.402 e. The van der Waals surface area contributed by atoms with Gasteiger partial charge >= 0.3 is 0 Å². The Morgan fingerprint density at radius 1 is 1.60 bits per heavy atom. The molecule has 56 valence electrons. The molecule has 2 nitrogen and oxygen atoms in total. The molecule has 10 heavy (non-hydrogen) atoms. The lowest BCUT2D eigenvalue weighted by Crippen LogP contribution is -2.09. The number of aliphatic imine (C=N–C) groups is 1. The van der Waals surface area contributed by atoms with Crippen LogP contribution in [0.1, 0.15) is 26.2 Å². The lowest BCUT2D eigenvalue weighted by molar-refractivity contribution is 0.822. The summed E-state index contributed by atoms with van der Waals surface area (Å²) < 4.78 is 0. The van der Waals surface area contributed by atoms with Crippen LogP contribution >= 0.6 is 0 Å². The van der Waals surface area contributed by atoms with Crippen molar-refractivity contribution in [3.05, 3.63) is 11.8 Å². The van der Waals surface area contributed by atoms with Crippen molar-refractivity contribution in [2.24, 2.45) is 10.7 Å². The van der Waals surface area contributed by atoms with Gasteiger partial charge in [-0.2, -0.15) is 0 Å². The second-order valence-electron chi connectivity index (χ2n) is 2.54. The van der Waals surface area contributed by atoms with E-state index in [4.69, 9.17) is 5.73 Å². The maximum Gasteiger partial charge on any atom is 0.0365 e. The van der Waals surface area contributed by atoms with Crippen molar-refractivity contribution in [1.82, 2.24) is 0 Å². The maximum atomic E-state index is 5.64. The zero-order chi connectivity index (χ0) is 7.40. The molecule has 0 amide bonds. The molecule has 0 bridgehead atoms. The van der Waals surface area contributed by atoms with Gasteiger partial charge in [0.05, 0.1) is 0 Å². The summed E-state index contributed by atoms with van der Waals surface area (Å²) in [6.07, 6.45) is 5.32. The minimum atomic E-state index is 0.874. The molecule has 0 saturated heterocycles. The van der Waals surface area contributed by atoms with Crippen molar-refractivity contribution in [3.8, 4) is 0 Å². The number of hydrogen-bond acceptors (Lipinski definition) is 2. The number of allylic oxidation sites excluding steroid dienone is 2. The van der Waals surface area contributed by atoms with Crippen molar-refractivity contribution >= 4 is 5.71 Å². The van der Waals surface area contributed by atoms with Gasteiger partial charge in [-0.15, -0.1) is 0 Å². The fraction of sp³-hybridized carbons (Fsp3) is 0.625. The predicted octanol–water partition coefficient (Wildman–Crippen LogP) is 1.47. The van der Waals surface area contributed by atoms with E-state index in [9.17, 15) is 0 Å². The quantitative estimate of drug-likeness (QED) is 0.585. The Kier molecular flexibility index (Phi) is 2.49. The van der Waals surface area contributed by atoms with Crippen molar-refractivity contribution in [2.75, 3.05) is 6.54 Å². The summed E-state index contributed by atoms with van der Waals surface area (Å²) in [7, 11) is 0. The number of nitrogens with zero attached hydrogens (tertiary/aromatic N) is 1. The van der Waals surface area contributed by atoms with Gasteiger partial charge in [-0.25, -0.2) is 0 Å². The van der Waals surface area contributed by atoms with Crippen LogP contribution < -0.4 is 5.73 Å². The van der Waals surface area contributed by atoms with Crippen molar-refractivity contribution < 1.29 is 0 Å². The molecule has 0 aliphatic heterocycles. The molecular weight excluding hydrogens is 124 g/mol. The molecule has 0 aromatic heterocycles. The van der Waals surface area contributed by atoms with Gasteiger partial charge in [0.2, 0.25) is 0 Å². The molecule has 0 saturated carbocycles. The van der Waals surface area contributed by atoms with E-state index in [0.29, 0.717) is 0 Å². The van der Waals surface area contributed by atoms with Crippen LogP contribution in [-0.2, 0) is 0 Å². The zero-order valence-electron chi connectivity index (χ0n) is 6.43. The van der Waals surface area contributed by atoms with E-state index in [0.717, 1.165) is 25.1 Å². The molecule has 0 aromatic carbocycles. The van der Waals surface area contributed by atoms with Gasteiger partial charge < -0.3 is 5.73 Å². The highest BCUT2D eigenvalue weighted by molar-refractivity contribution is 5.96. The predicted molar refractivity (Wildman–Crippen MR) is 44.1 cm³/mol. The van der Waals surface area contributed by atoms with Gasteiger partial charge in [-0.1, -0.05) is 0 Å². The second kappa shape index (κ2) is 3.40.